The summed E-state index contributed by atoms with van der Waals surface area (Å²) >= 11 is 0. The molecule has 1 unspecified atom stereocenters. The zero-order valence-electron chi connectivity index (χ0n) is 12.9. The minimum atomic E-state index is -1.03. The number of nitrogens with zero attached hydrogens (tertiary/aromatic N) is 2. The molecule has 0 bridgehead atoms. The third-order valence-corrected chi connectivity index (χ3v) is 3.75. The molecule has 1 saturated heterocycles. The Morgan fingerprint density at radius 2 is 2.19 bits per heavy atom. The van der Waals surface area contributed by atoms with E-state index in [4.69, 9.17) is 9.26 Å². The lowest BCUT2D eigenvalue weighted by molar-refractivity contribution is -0.153. The van der Waals surface area contributed by atoms with E-state index in [1.54, 1.807) is 25.8 Å². The number of likely N-dealkylation sites (N-methyl/N-ethyl adjacent to an activating group) is 1. The molecule has 7 nitrogen and oxygen atoms in total. The van der Waals surface area contributed by atoms with Crippen LogP contribution in [0.4, 0.5) is 0 Å². The second kappa shape index (κ2) is 5.85. The molecule has 0 radical (unpaired) electrons. The molecular formula is C14H21N3O4. The van der Waals surface area contributed by atoms with Crippen molar-refractivity contribution >= 4 is 11.8 Å². The molecule has 7 heteroatoms. The number of ether oxygens (including phenoxy) is 1. The molecule has 2 heterocycles. The highest BCUT2D eigenvalue weighted by Gasteiger charge is 2.41. The minimum Gasteiger partial charge on any atom is -0.362 e. The average Bonchev–Trinajstić information content (AvgIpc) is 2.86. The molecule has 1 fully saturated rings. The molecule has 2 amide bonds. The number of carbonyl (C=O) groups is 2. The number of hydrogen-bond acceptors (Lipinski definition) is 5. The molecule has 0 spiro atoms. The van der Waals surface area contributed by atoms with Gasteiger partial charge in [-0.2, -0.15) is 0 Å². The Morgan fingerprint density at radius 3 is 2.81 bits per heavy atom. The van der Waals surface area contributed by atoms with E-state index < -0.39 is 5.60 Å². The van der Waals surface area contributed by atoms with Crippen LogP contribution >= 0.6 is 0 Å². The van der Waals surface area contributed by atoms with E-state index in [1.165, 1.54) is 0 Å². The number of carbonyl (C=O) groups excluding carboxylic acids is 2. The van der Waals surface area contributed by atoms with E-state index in [0.29, 0.717) is 36.6 Å². The van der Waals surface area contributed by atoms with Crippen molar-refractivity contribution in [2.75, 3.05) is 26.7 Å². The lowest BCUT2D eigenvalue weighted by Gasteiger charge is -2.39. The fourth-order valence-corrected chi connectivity index (χ4v) is 2.54. The number of amides is 2. The standard InChI is InChI=1S/C14H21N3O4/c1-5-10-11(9(2)21-16-10)12(18)17-6-7-20-14(3,8-17)13(19)15-4/h5-8H2,1-4H3,(H,15,19). The van der Waals surface area contributed by atoms with Crippen molar-refractivity contribution in [1.29, 1.82) is 0 Å². The highest BCUT2D eigenvalue weighted by molar-refractivity contribution is 5.97. The number of morpholine rings is 1. The molecule has 1 N–H and O–H groups in total. The summed E-state index contributed by atoms with van der Waals surface area (Å²) in [4.78, 5) is 26.2. The van der Waals surface area contributed by atoms with Gasteiger partial charge < -0.3 is 19.5 Å². The first-order chi connectivity index (χ1) is 9.92. The topological polar surface area (TPSA) is 84.7 Å². The maximum absolute atomic E-state index is 12.7. The van der Waals surface area contributed by atoms with Gasteiger partial charge >= 0.3 is 0 Å². The molecule has 2 rings (SSSR count). The normalized spacial score (nSPS) is 22.2. The predicted molar refractivity (Wildman–Crippen MR) is 74.9 cm³/mol. The van der Waals surface area contributed by atoms with Gasteiger partial charge in [0.05, 0.1) is 18.8 Å². The minimum absolute atomic E-state index is 0.163. The van der Waals surface area contributed by atoms with Crippen LogP contribution in [0.25, 0.3) is 0 Å². The van der Waals surface area contributed by atoms with Gasteiger partial charge in [0.15, 0.2) is 5.60 Å². The number of aromatic nitrogens is 1. The first kappa shape index (κ1) is 15.5. The molecule has 0 aromatic carbocycles. The van der Waals surface area contributed by atoms with Crippen molar-refractivity contribution in [1.82, 2.24) is 15.4 Å². The molecule has 1 atom stereocenters. The number of aryl methyl sites for hydroxylation is 2. The largest absolute Gasteiger partial charge is 0.362 e. The van der Waals surface area contributed by atoms with Crippen molar-refractivity contribution in [3.8, 4) is 0 Å². The summed E-state index contributed by atoms with van der Waals surface area (Å²) in [5, 5.41) is 6.48. The van der Waals surface area contributed by atoms with Gasteiger partial charge in [0.25, 0.3) is 11.8 Å². The molecule has 1 aromatic rings. The second-order valence-electron chi connectivity index (χ2n) is 5.30. The van der Waals surface area contributed by atoms with Gasteiger partial charge in [-0.3, -0.25) is 9.59 Å². The Balaban J connectivity index is 2.23. The summed E-state index contributed by atoms with van der Waals surface area (Å²) in [6, 6.07) is 0. The van der Waals surface area contributed by atoms with Crippen molar-refractivity contribution in [2.24, 2.45) is 0 Å². The third-order valence-electron chi connectivity index (χ3n) is 3.75. The molecule has 0 aliphatic carbocycles. The highest BCUT2D eigenvalue weighted by atomic mass is 16.5. The molecule has 1 aliphatic heterocycles. The summed E-state index contributed by atoms with van der Waals surface area (Å²) in [6.07, 6.45) is 0.621. The van der Waals surface area contributed by atoms with Gasteiger partial charge in [0.2, 0.25) is 0 Å². The zero-order chi connectivity index (χ0) is 15.6. The van der Waals surface area contributed by atoms with Crippen molar-refractivity contribution in [3.63, 3.8) is 0 Å². The highest BCUT2D eigenvalue weighted by Crippen LogP contribution is 2.22. The molecule has 116 valence electrons. The van der Waals surface area contributed by atoms with Gasteiger partial charge in [0.1, 0.15) is 11.3 Å². The monoisotopic (exact) mass is 295 g/mol. The molecule has 21 heavy (non-hydrogen) atoms. The van der Waals surface area contributed by atoms with E-state index in [0.717, 1.165) is 0 Å². The Kier molecular flexibility index (Phi) is 4.32. The zero-order valence-corrected chi connectivity index (χ0v) is 12.9. The number of nitrogens with one attached hydrogen (secondary N) is 1. The Hall–Kier alpha value is -1.89. The van der Waals surface area contributed by atoms with Gasteiger partial charge in [-0.05, 0) is 20.3 Å². The lowest BCUT2D eigenvalue weighted by atomic mass is 10.0. The maximum Gasteiger partial charge on any atom is 0.259 e. The van der Waals surface area contributed by atoms with Crippen LogP contribution < -0.4 is 5.32 Å². The van der Waals surface area contributed by atoms with E-state index in [1.807, 2.05) is 6.92 Å². The average molecular weight is 295 g/mol. The van der Waals surface area contributed by atoms with Gasteiger partial charge in [0, 0.05) is 13.6 Å². The van der Waals surface area contributed by atoms with Crippen LogP contribution in [-0.4, -0.2) is 54.2 Å². The van der Waals surface area contributed by atoms with E-state index in [2.05, 4.69) is 10.5 Å². The van der Waals surface area contributed by atoms with Crippen molar-refractivity contribution < 1.29 is 18.8 Å². The van der Waals surface area contributed by atoms with Crippen molar-refractivity contribution in [2.45, 2.75) is 32.8 Å². The van der Waals surface area contributed by atoms with Crippen LogP contribution in [0, 0.1) is 6.92 Å². The summed E-state index contributed by atoms with van der Waals surface area (Å²) in [5.74, 6) is 0.103. The van der Waals surface area contributed by atoms with E-state index in [9.17, 15) is 9.59 Å². The number of hydrogen-bond donors (Lipinski definition) is 1. The molecule has 0 saturated carbocycles. The van der Waals surface area contributed by atoms with Gasteiger partial charge in [-0.25, -0.2) is 0 Å². The van der Waals surface area contributed by atoms with Gasteiger partial charge in [-0.1, -0.05) is 12.1 Å². The second-order valence-corrected chi connectivity index (χ2v) is 5.30. The quantitative estimate of drug-likeness (QED) is 0.879. The fourth-order valence-electron chi connectivity index (χ4n) is 2.54. The number of rotatable bonds is 3. The smallest absolute Gasteiger partial charge is 0.259 e. The maximum atomic E-state index is 12.7. The van der Waals surface area contributed by atoms with E-state index in [-0.39, 0.29) is 18.4 Å². The predicted octanol–water partition coefficient (Wildman–Crippen LogP) is 0.523. The van der Waals surface area contributed by atoms with Crippen LogP contribution in [0.5, 0.6) is 0 Å². The Bertz CT molecular complexity index is 554. The summed E-state index contributed by atoms with van der Waals surface area (Å²) in [5.41, 5.74) is 0.115. The van der Waals surface area contributed by atoms with Gasteiger partial charge in [-0.15, -0.1) is 0 Å². The van der Waals surface area contributed by atoms with Crippen LogP contribution in [0.1, 0.15) is 35.7 Å². The van der Waals surface area contributed by atoms with Crippen LogP contribution in [0.2, 0.25) is 0 Å². The van der Waals surface area contributed by atoms with Crippen molar-refractivity contribution in [3.05, 3.63) is 17.0 Å². The fraction of sp³-hybridized carbons (Fsp3) is 0.643. The van der Waals surface area contributed by atoms with E-state index >= 15 is 0 Å². The Labute approximate surface area is 123 Å². The molecular weight excluding hydrogens is 274 g/mol. The molecule has 1 aliphatic rings. The van der Waals surface area contributed by atoms with Crippen LogP contribution in [-0.2, 0) is 16.0 Å². The van der Waals surface area contributed by atoms with Crippen LogP contribution in [0.15, 0.2) is 4.52 Å². The first-order valence-electron chi connectivity index (χ1n) is 7.03. The summed E-state index contributed by atoms with van der Waals surface area (Å²) < 4.78 is 10.7. The third kappa shape index (κ3) is 2.78. The van der Waals surface area contributed by atoms with Crippen LogP contribution in [0.3, 0.4) is 0 Å². The lowest BCUT2D eigenvalue weighted by Crippen LogP contribution is -2.58. The summed E-state index contributed by atoms with van der Waals surface area (Å²) in [6.45, 7) is 6.30. The molecule has 1 aromatic heterocycles. The Morgan fingerprint density at radius 1 is 1.48 bits per heavy atom. The summed E-state index contributed by atoms with van der Waals surface area (Å²) in [7, 11) is 1.55. The SMILES string of the molecule is CCc1noc(C)c1C(=O)N1CCOC(C)(C(=O)NC)C1. The first-order valence-corrected chi connectivity index (χ1v) is 7.03.